The van der Waals surface area contributed by atoms with Crippen LogP contribution < -0.4 is 0 Å². The lowest BCUT2D eigenvalue weighted by atomic mass is 9.71. The van der Waals surface area contributed by atoms with Crippen molar-refractivity contribution in [3.05, 3.63) is 0 Å². The van der Waals surface area contributed by atoms with Crippen molar-refractivity contribution in [1.29, 1.82) is 0 Å². The first-order valence-corrected chi connectivity index (χ1v) is 6.80. The SMILES string of the molecule is COC(=O)C(CC1(C)COC1)C1CCCCC1. The summed E-state index contributed by atoms with van der Waals surface area (Å²) in [6, 6.07) is 0. The van der Waals surface area contributed by atoms with Crippen LogP contribution in [-0.2, 0) is 14.3 Å². The van der Waals surface area contributed by atoms with E-state index in [1.54, 1.807) is 0 Å². The first-order chi connectivity index (χ1) is 8.14. The first kappa shape index (κ1) is 12.9. The third-order valence-electron chi connectivity index (χ3n) is 4.34. The summed E-state index contributed by atoms with van der Waals surface area (Å²) in [4.78, 5) is 12.0. The predicted molar refractivity (Wildman–Crippen MR) is 65.6 cm³/mol. The summed E-state index contributed by atoms with van der Waals surface area (Å²) in [6.07, 6.45) is 7.18. The highest BCUT2D eigenvalue weighted by molar-refractivity contribution is 5.72. The molecule has 1 heterocycles. The molecule has 0 aromatic heterocycles. The van der Waals surface area contributed by atoms with Gasteiger partial charge in [0.25, 0.3) is 0 Å². The highest BCUT2D eigenvalue weighted by Gasteiger charge is 2.41. The van der Waals surface area contributed by atoms with Crippen LogP contribution in [0.25, 0.3) is 0 Å². The molecule has 0 N–H and O–H groups in total. The Bertz CT molecular complexity index is 265. The van der Waals surface area contributed by atoms with Crippen LogP contribution in [0.15, 0.2) is 0 Å². The number of hydrogen-bond donors (Lipinski definition) is 0. The molecule has 1 unspecified atom stereocenters. The van der Waals surface area contributed by atoms with Gasteiger partial charge in [-0.2, -0.15) is 0 Å². The number of ether oxygens (including phenoxy) is 2. The molecule has 1 aliphatic heterocycles. The molecule has 3 heteroatoms. The molecule has 1 atom stereocenters. The van der Waals surface area contributed by atoms with Crippen molar-refractivity contribution in [3.63, 3.8) is 0 Å². The van der Waals surface area contributed by atoms with E-state index in [1.165, 1.54) is 39.2 Å². The molecule has 0 radical (unpaired) electrons. The maximum Gasteiger partial charge on any atom is 0.308 e. The molecule has 0 bridgehead atoms. The van der Waals surface area contributed by atoms with E-state index in [0.29, 0.717) is 5.92 Å². The molecule has 98 valence electrons. The molecule has 2 rings (SSSR count). The van der Waals surface area contributed by atoms with Gasteiger partial charge in [-0.3, -0.25) is 4.79 Å². The van der Waals surface area contributed by atoms with E-state index in [-0.39, 0.29) is 17.3 Å². The minimum atomic E-state index is -0.00924. The van der Waals surface area contributed by atoms with Gasteiger partial charge in [-0.25, -0.2) is 0 Å². The lowest BCUT2D eigenvalue weighted by molar-refractivity contribution is -0.157. The summed E-state index contributed by atoms with van der Waals surface area (Å²) in [5.74, 6) is 0.618. The van der Waals surface area contributed by atoms with Gasteiger partial charge in [-0.15, -0.1) is 0 Å². The molecule has 1 saturated heterocycles. The van der Waals surface area contributed by atoms with Crippen molar-refractivity contribution in [2.75, 3.05) is 20.3 Å². The van der Waals surface area contributed by atoms with E-state index in [2.05, 4.69) is 6.92 Å². The van der Waals surface area contributed by atoms with Gasteiger partial charge in [0.1, 0.15) is 0 Å². The molecule has 1 aliphatic carbocycles. The topological polar surface area (TPSA) is 35.5 Å². The van der Waals surface area contributed by atoms with Crippen LogP contribution in [0.2, 0.25) is 0 Å². The van der Waals surface area contributed by atoms with Crippen LogP contribution in [0.3, 0.4) is 0 Å². The average Bonchev–Trinajstić information content (AvgIpc) is 2.34. The molecule has 0 aromatic rings. The molecule has 0 spiro atoms. The maximum atomic E-state index is 12.0. The standard InChI is InChI=1S/C14H24O3/c1-14(9-17-10-14)8-12(13(15)16-2)11-6-4-3-5-7-11/h11-12H,3-10H2,1-2H3. The zero-order valence-corrected chi connectivity index (χ0v) is 11.0. The molecular weight excluding hydrogens is 216 g/mol. The lowest BCUT2D eigenvalue weighted by Crippen LogP contribution is -2.44. The summed E-state index contributed by atoms with van der Waals surface area (Å²) in [6.45, 7) is 3.82. The van der Waals surface area contributed by atoms with Crippen LogP contribution in [0.5, 0.6) is 0 Å². The Labute approximate surface area is 104 Å². The van der Waals surface area contributed by atoms with E-state index in [0.717, 1.165) is 19.6 Å². The van der Waals surface area contributed by atoms with Gasteiger partial charge in [0.2, 0.25) is 0 Å². The minimum Gasteiger partial charge on any atom is -0.469 e. The number of methoxy groups -OCH3 is 1. The highest BCUT2D eigenvalue weighted by atomic mass is 16.5. The number of rotatable bonds is 4. The van der Waals surface area contributed by atoms with Crippen molar-refractivity contribution in [1.82, 2.24) is 0 Å². The molecule has 2 aliphatic rings. The summed E-state index contributed by atoms with van der Waals surface area (Å²) in [5.41, 5.74) is 0.205. The van der Waals surface area contributed by atoms with E-state index < -0.39 is 0 Å². The van der Waals surface area contributed by atoms with E-state index in [9.17, 15) is 4.79 Å². The Balaban J connectivity index is 1.98. The monoisotopic (exact) mass is 240 g/mol. The van der Waals surface area contributed by atoms with Gasteiger partial charge in [0, 0.05) is 5.41 Å². The minimum absolute atomic E-state index is 0.00924. The zero-order chi connectivity index (χ0) is 12.3. The summed E-state index contributed by atoms with van der Waals surface area (Å²) in [5, 5.41) is 0. The zero-order valence-electron chi connectivity index (χ0n) is 11.0. The van der Waals surface area contributed by atoms with Crippen molar-refractivity contribution in [3.8, 4) is 0 Å². The van der Waals surface area contributed by atoms with Gasteiger partial charge in [0.15, 0.2) is 0 Å². The van der Waals surface area contributed by atoms with Crippen LogP contribution >= 0.6 is 0 Å². The molecule has 1 saturated carbocycles. The summed E-state index contributed by atoms with van der Waals surface area (Å²) < 4.78 is 10.3. The summed E-state index contributed by atoms with van der Waals surface area (Å²) >= 11 is 0. The number of hydrogen-bond acceptors (Lipinski definition) is 3. The number of carbonyl (C=O) groups excluding carboxylic acids is 1. The van der Waals surface area contributed by atoms with Crippen LogP contribution in [0, 0.1) is 17.3 Å². The van der Waals surface area contributed by atoms with Gasteiger partial charge in [0.05, 0.1) is 26.2 Å². The van der Waals surface area contributed by atoms with E-state index in [1.807, 2.05) is 0 Å². The Morgan fingerprint density at radius 1 is 1.35 bits per heavy atom. The van der Waals surface area contributed by atoms with Crippen molar-refractivity contribution < 1.29 is 14.3 Å². The average molecular weight is 240 g/mol. The van der Waals surface area contributed by atoms with Gasteiger partial charge in [-0.05, 0) is 25.2 Å². The second-order valence-electron chi connectivity index (χ2n) is 6.04. The largest absolute Gasteiger partial charge is 0.469 e. The Hall–Kier alpha value is -0.570. The van der Waals surface area contributed by atoms with Crippen LogP contribution in [-0.4, -0.2) is 26.3 Å². The van der Waals surface area contributed by atoms with Crippen molar-refractivity contribution in [2.24, 2.45) is 17.3 Å². The highest BCUT2D eigenvalue weighted by Crippen LogP contribution is 2.40. The second-order valence-corrected chi connectivity index (χ2v) is 6.04. The normalized spacial score (nSPS) is 26.0. The molecule has 2 fully saturated rings. The van der Waals surface area contributed by atoms with Crippen LogP contribution in [0.4, 0.5) is 0 Å². The quantitative estimate of drug-likeness (QED) is 0.709. The van der Waals surface area contributed by atoms with Gasteiger partial charge < -0.3 is 9.47 Å². The Morgan fingerprint density at radius 2 is 2.00 bits per heavy atom. The molecule has 3 nitrogen and oxygen atoms in total. The molecular formula is C14H24O3. The van der Waals surface area contributed by atoms with E-state index >= 15 is 0 Å². The number of carbonyl (C=O) groups is 1. The Kier molecular flexibility index (Phi) is 4.08. The van der Waals surface area contributed by atoms with Gasteiger partial charge >= 0.3 is 5.97 Å². The maximum absolute atomic E-state index is 12.0. The second kappa shape index (κ2) is 5.38. The summed E-state index contributed by atoms with van der Waals surface area (Å²) in [7, 11) is 1.51. The third kappa shape index (κ3) is 3.01. The van der Waals surface area contributed by atoms with Crippen molar-refractivity contribution >= 4 is 5.97 Å². The van der Waals surface area contributed by atoms with Crippen LogP contribution in [0.1, 0.15) is 45.4 Å². The van der Waals surface area contributed by atoms with E-state index in [4.69, 9.17) is 9.47 Å². The smallest absolute Gasteiger partial charge is 0.308 e. The Morgan fingerprint density at radius 3 is 2.47 bits per heavy atom. The molecule has 0 aromatic carbocycles. The predicted octanol–water partition coefficient (Wildman–Crippen LogP) is 2.78. The molecule has 0 amide bonds. The molecule has 17 heavy (non-hydrogen) atoms. The lowest BCUT2D eigenvalue weighted by Gasteiger charge is -2.42. The first-order valence-electron chi connectivity index (χ1n) is 6.80. The fraction of sp³-hybridized carbons (Fsp3) is 0.929. The van der Waals surface area contributed by atoms with Gasteiger partial charge in [-0.1, -0.05) is 26.2 Å². The van der Waals surface area contributed by atoms with Crippen molar-refractivity contribution in [2.45, 2.75) is 45.4 Å². The number of esters is 1. The fourth-order valence-corrected chi connectivity index (χ4v) is 3.23. The third-order valence-corrected chi connectivity index (χ3v) is 4.34. The fourth-order valence-electron chi connectivity index (χ4n) is 3.23.